The van der Waals surface area contributed by atoms with Crippen molar-refractivity contribution in [3.63, 3.8) is 0 Å². The summed E-state index contributed by atoms with van der Waals surface area (Å²) < 4.78 is 5.20. The fourth-order valence-corrected chi connectivity index (χ4v) is 2.01. The standard InChI is InChI=1S/C19H29N3O4/c1-12(2)21-18(25)20-11-14-7-9-15(10-8-14)17(24)26-13(3)16(23)22-19(4,5)6/h7-10,12-13H,11H2,1-6H3,(H,22,23)(H2,20,21,25)/t13-/m0/s1. The van der Waals surface area contributed by atoms with Crippen molar-refractivity contribution >= 4 is 17.9 Å². The minimum atomic E-state index is -0.886. The molecule has 1 aromatic rings. The van der Waals surface area contributed by atoms with Gasteiger partial charge in [-0.3, -0.25) is 4.79 Å². The van der Waals surface area contributed by atoms with Gasteiger partial charge in [0.05, 0.1) is 5.56 Å². The maximum absolute atomic E-state index is 12.1. The maximum atomic E-state index is 12.1. The van der Waals surface area contributed by atoms with E-state index in [1.165, 1.54) is 6.92 Å². The predicted molar refractivity (Wildman–Crippen MR) is 99.7 cm³/mol. The number of hydrogen-bond donors (Lipinski definition) is 3. The van der Waals surface area contributed by atoms with Crippen LogP contribution in [0.15, 0.2) is 24.3 Å². The third-order valence-electron chi connectivity index (χ3n) is 3.21. The van der Waals surface area contributed by atoms with Crippen LogP contribution in [0.5, 0.6) is 0 Å². The molecular formula is C19H29N3O4. The lowest BCUT2D eigenvalue weighted by molar-refractivity contribution is -0.130. The van der Waals surface area contributed by atoms with Gasteiger partial charge in [-0.15, -0.1) is 0 Å². The highest BCUT2D eigenvalue weighted by molar-refractivity contribution is 5.92. The van der Waals surface area contributed by atoms with Gasteiger partial charge in [-0.25, -0.2) is 9.59 Å². The zero-order valence-corrected chi connectivity index (χ0v) is 16.3. The van der Waals surface area contributed by atoms with Gasteiger partial charge < -0.3 is 20.7 Å². The van der Waals surface area contributed by atoms with Crippen LogP contribution in [0, 0.1) is 0 Å². The van der Waals surface area contributed by atoms with Gasteiger partial charge in [0.25, 0.3) is 5.91 Å². The van der Waals surface area contributed by atoms with Gasteiger partial charge in [0, 0.05) is 18.1 Å². The van der Waals surface area contributed by atoms with Crippen LogP contribution in [0.2, 0.25) is 0 Å². The Bertz CT molecular complexity index is 633. The Morgan fingerprint density at radius 2 is 1.62 bits per heavy atom. The molecule has 0 aliphatic carbocycles. The molecular weight excluding hydrogens is 334 g/mol. The van der Waals surface area contributed by atoms with Crippen LogP contribution >= 0.6 is 0 Å². The second kappa shape index (κ2) is 9.22. The molecule has 0 aromatic heterocycles. The van der Waals surface area contributed by atoms with Gasteiger partial charge in [-0.2, -0.15) is 0 Å². The molecule has 0 heterocycles. The molecule has 1 atom stereocenters. The summed E-state index contributed by atoms with van der Waals surface area (Å²) in [6.45, 7) is 11.2. The lowest BCUT2D eigenvalue weighted by atomic mass is 10.1. The van der Waals surface area contributed by atoms with Crippen LogP contribution in [-0.4, -0.2) is 35.6 Å². The molecule has 1 aromatic carbocycles. The quantitative estimate of drug-likeness (QED) is 0.676. The van der Waals surface area contributed by atoms with E-state index in [9.17, 15) is 14.4 Å². The summed E-state index contributed by atoms with van der Waals surface area (Å²) in [6.07, 6.45) is -0.886. The molecule has 0 unspecified atom stereocenters. The Morgan fingerprint density at radius 3 is 2.12 bits per heavy atom. The van der Waals surface area contributed by atoms with E-state index in [-0.39, 0.29) is 18.0 Å². The maximum Gasteiger partial charge on any atom is 0.338 e. The summed E-state index contributed by atoms with van der Waals surface area (Å²) in [5, 5.41) is 8.22. The summed E-state index contributed by atoms with van der Waals surface area (Å²) in [5.74, 6) is -0.915. The van der Waals surface area contributed by atoms with E-state index in [1.807, 2.05) is 34.6 Å². The first-order valence-electron chi connectivity index (χ1n) is 8.64. The lowest BCUT2D eigenvalue weighted by Crippen LogP contribution is -2.46. The van der Waals surface area contributed by atoms with E-state index in [4.69, 9.17) is 4.74 Å². The molecule has 144 valence electrons. The minimum absolute atomic E-state index is 0.0598. The van der Waals surface area contributed by atoms with Gasteiger partial charge in [0.1, 0.15) is 0 Å². The molecule has 3 amide bonds. The van der Waals surface area contributed by atoms with Gasteiger partial charge in [0.2, 0.25) is 0 Å². The van der Waals surface area contributed by atoms with E-state index in [1.54, 1.807) is 24.3 Å². The summed E-state index contributed by atoms with van der Waals surface area (Å²) in [7, 11) is 0. The first-order chi connectivity index (χ1) is 12.0. The number of rotatable bonds is 6. The van der Waals surface area contributed by atoms with Crippen molar-refractivity contribution in [3.05, 3.63) is 35.4 Å². The summed E-state index contributed by atoms with van der Waals surface area (Å²) in [5.41, 5.74) is 0.795. The van der Waals surface area contributed by atoms with Crippen molar-refractivity contribution in [3.8, 4) is 0 Å². The second-order valence-corrected chi connectivity index (χ2v) is 7.47. The third-order valence-corrected chi connectivity index (χ3v) is 3.21. The first kappa shape index (κ1) is 21.5. The van der Waals surface area contributed by atoms with Crippen molar-refractivity contribution < 1.29 is 19.1 Å². The van der Waals surface area contributed by atoms with Crippen molar-refractivity contribution in [2.24, 2.45) is 0 Å². The fraction of sp³-hybridized carbons (Fsp3) is 0.526. The summed E-state index contributed by atoms with van der Waals surface area (Å²) in [4.78, 5) is 35.7. The molecule has 0 aliphatic rings. The Hall–Kier alpha value is -2.57. The van der Waals surface area contributed by atoms with Crippen LogP contribution in [0.3, 0.4) is 0 Å². The van der Waals surface area contributed by atoms with Crippen LogP contribution in [0.4, 0.5) is 4.79 Å². The number of benzene rings is 1. The van der Waals surface area contributed by atoms with Gasteiger partial charge >= 0.3 is 12.0 Å². The number of amides is 3. The monoisotopic (exact) mass is 363 g/mol. The zero-order valence-electron chi connectivity index (χ0n) is 16.3. The highest BCUT2D eigenvalue weighted by Gasteiger charge is 2.22. The number of nitrogens with one attached hydrogen (secondary N) is 3. The Labute approximate surface area is 154 Å². The number of carbonyl (C=O) groups is 3. The molecule has 1 rings (SSSR count). The SMILES string of the molecule is CC(C)NC(=O)NCc1ccc(C(=O)O[C@@H](C)C(=O)NC(C)(C)C)cc1. The molecule has 0 aliphatic heterocycles. The molecule has 26 heavy (non-hydrogen) atoms. The van der Waals surface area contributed by atoms with Crippen molar-refractivity contribution in [2.45, 2.75) is 65.8 Å². The highest BCUT2D eigenvalue weighted by atomic mass is 16.5. The topological polar surface area (TPSA) is 96.5 Å². The highest BCUT2D eigenvalue weighted by Crippen LogP contribution is 2.09. The van der Waals surface area contributed by atoms with E-state index < -0.39 is 17.6 Å². The van der Waals surface area contributed by atoms with Crippen molar-refractivity contribution in [1.29, 1.82) is 0 Å². The Balaban J connectivity index is 2.55. The largest absolute Gasteiger partial charge is 0.449 e. The fourth-order valence-electron chi connectivity index (χ4n) is 2.01. The summed E-state index contributed by atoms with van der Waals surface area (Å²) >= 11 is 0. The molecule has 3 N–H and O–H groups in total. The minimum Gasteiger partial charge on any atom is -0.449 e. The smallest absolute Gasteiger partial charge is 0.338 e. The Kier molecular flexibility index (Phi) is 7.61. The predicted octanol–water partition coefficient (Wildman–Crippen LogP) is 2.35. The van der Waals surface area contributed by atoms with Crippen LogP contribution in [0.25, 0.3) is 0 Å². The van der Waals surface area contributed by atoms with Crippen LogP contribution in [0.1, 0.15) is 57.5 Å². The zero-order chi connectivity index (χ0) is 19.9. The number of urea groups is 1. The van der Waals surface area contributed by atoms with Crippen LogP contribution in [-0.2, 0) is 16.1 Å². The molecule has 7 nitrogen and oxygen atoms in total. The van der Waals surface area contributed by atoms with Gasteiger partial charge in [-0.1, -0.05) is 12.1 Å². The van der Waals surface area contributed by atoms with Crippen molar-refractivity contribution in [2.75, 3.05) is 0 Å². The van der Waals surface area contributed by atoms with Gasteiger partial charge in [-0.05, 0) is 59.2 Å². The third kappa shape index (κ3) is 8.00. The normalized spacial score (nSPS) is 12.3. The first-order valence-corrected chi connectivity index (χ1v) is 8.64. The molecule has 0 spiro atoms. The van der Waals surface area contributed by atoms with E-state index in [2.05, 4.69) is 16.0 Å². The molecule has 0 saturated carbocycles. The molecule has 0 radical (unpaired) electrons. The van der Waals surface area contributed by atoms with E-state index >= 15 is 0 Å². The molecule has 0 saturated heterocycles. The lowest BCUT2D eigenvalue weighted by Gasteiger charge is -2.23. The van der Waals surface area contributed by atoms with E-state index in [0.29, 0.717) is 12.1 Å². The summed E-state index contributed by atoms with van der Waals surface area (Å²) in [6, 6.07) is 6.48. The number of carbonyl (C=O) groups excluding carboxylic acids is 3. The van der Waals surface area contributed by atoms with Crippen LogP contribution < -0.4 is 16.0 Å². The van der Waals surface area contributed by atoms with Crippen molar-refractivity contribution in [1.82, 2.24) is 16.0 Å². The number of ether oxygens (including phenoxy) is 1. The number of hydrogen-bond acceptors (Lipinski definition) is 4. The Morgan fingerprint density at radius 1 is 1.04 bits per heavy atom. The molecule has 7 heteroatoms. The van der Waals surface area contributed by atoms with E-state index in [0.717, 1.165) is 5.56 Å². The average Bonchev–Trinajstić information content (AvgIpc) is 2.51. The molecule has 0 bridgehead atoms. The average molecular weight is 363 g/mol. The molecule has 0 fully saturated rings. The second-order valence-electron chi connectivity index (χ2n) is 7.47. The van der Waals surface area contributed by atoms with Gasteiger partial charge in [0.15, 0.2) is 6.10 Å². The number of esters is 1.